The Hall–Kier alpha value is -3.15. The van der Waals surface area contributed by atoms with Gasteiger partial charge in [0.25, 0.3) is 5.91 Å². The van der Waals surface area contributed by atoms with Crippen LogP contribution in [0.15, 0.2) is 48.8 Å². The number of imidazole rings is 1. The average molecular weight is 309 g/mol. The minimum absolute atomic E-state index is 0.209. The first-order chi connectivity index (χ1) is 11.2. The third kappa shape index (κ3) is 3.37. The van der Waals surface area contributed by atoms with E-state index in [9.17, 15) is 9.59 Å². The molecule has 0 aliphatic carbocycles. The molecule has 116 valence electrons. The van der Waals surface area contributed by atoms with Crippen LogP contribution in [0.1, 0.15) is 15.9 Å². The fourth-order valence-electron chi connectivity index (χ4n) is 2.22. The number of hydrogen-bond acceptors (Lipinski definition) is 4. The van der Waals surface area contributed by atoms with Gasteiger partial charge in [0.15, 0.2) is 0 Å². The van der Waals surface area contributed by atoms with E-state index < -0.39 is 0 Å². The van der Waals surface area contributed by atoms with Gasteiger partial charge in [-0.25, -0.2) is 4.98 Å². The summed E-state index contributed by atoms with van der Waals surface area (Å²) in [6.45, 7) is 0. The lowest BCUT2D eigenvalue weighted by molar-refractivity contribution is -0.139. The van der Waals surface area contributed by atoms with Crippen molar-refractivity contribution in [2.45, 2.75) is 6.42 Å². The number of nitrogens with zero attached hydrogens (tertiary/aromatic N) is 1. The summed E-state index contributed by atoms with van der Waals surface area (Å²) in [5, 5.41) is 2.82. The van der Waals surface area contributed by atoms with Crippen molar-refractivity contribution in [3.05, 3.63) is 59.9 Å². The number of nitrogens with one attached hydrogen (secondary N) is 2. The molecule has 0 bridgehead atoms. The maximum atomic E-state index is 12.3. The lowest BCUT2D eigenvalue weighted by Gasteiger charge is -2.06. The number of fused-ring (bicyclic) bond motifs is 1. The van der Waals surface area contributed by atoms with Gasteiger partial charge in [0.1, 0.15) is 0 Å². The summed E-state index contributed by atoms with van der Waals surface area (Å²) in [6, 6.07) is 12.4. The second kappa shape index (κ2) is 6.31. The van der Waals surface area contributed by atoms with Crippen LogP contribution < -0.4 is 5.32 Å². The van der Waals surface area contributed by atoms with Crippen LogP contribution in [-0.4, -0.2) is 29.0 Å². The molecule has 2 N–H and O–H groups in total. The highest BCUT2D eigenvalue weighted by Crippen LogP contribution is 2.15. The van der Waals surface area contributed by atoms with E-state index in [1.54, 1.807) is 42.7 Å². The number of carbonyl (C=O) groups excluding carboxylic acids is 2. The molecule has 6 nitrogen and oxygen atoms in total. The van der Waals surface area contributed by atoms with Gasteiger partial charge in [-0.05, 0) is 35.9 Å². The number of carbonyl (C=O) groups is 2. The third-order valence-corrected chi connectivity index (χ3v) is 3.47. The van der Waals surface area contributed by atoms with Crippen LogP contribution in [0.3, 0.4) is 0 Å². The molecule has 0 aliphatic heterocycles. The second-order valence-electron chi connectivity index (χ2n) is 5.04. The molecule has 0 unspecified atom stereocenters. The number of amides is 1. The van der Waals surface area contributed by atoms with E-state index in [0.717, 1.165) is 16.6 Å². The van der Waals surface area contributed by atoms with Crippen LogP contribution in [0.25, 0.3) is 11.0 Å². The largest absolute Gasteiger partial charge is 0.469 e. The average Bonchev–Trinajstić information content (AvgIpc) is 3.04. The zero-order valence-electron chi connectivity index (χ0n) is 12.5. The minimum atomic E-state index is -0.297. The van der Waals surface area contributed by atoms with Crippen LogP contribution in [0.5, 0.6) is 0 Å². The summed E-state index contributed by atoms with van der Waals surface area (Å²) < 4.78 is 4.62. The topological polar surface area (TPSA) is 84.1 Å². The molecule has 1 aromatic heterocycles. The van der Waals surface area contributed by atoms with Crippen molar-refractivity contribution in [3.63, 3.8) is 0 Å². The number of esters is 1. The van der Waals surface area contributed by atoms with E-state index in [4.69, 9.17) is 0 Å². The lowest BCUT2D eigenvalue weighted by Crippen LogP contribution is -2.12. The Morgan fingerprint density at radius 1 is 1.17 bits per heavy atom. The quantitative estimate of drug-likeness (QED) is 0.725. The molecule has 3 rings (SSSR count). The summed E-state index contributed by atoms with van der Waals surface area (Å²) in [6.07, 6.45) is 1.80. The smallest absolute Gasteiger partial charge is 0.309 e. The van der Waals surface area contributed by atoms with Gasteiger partial charge in [-0.15, -0.1) is 0 Å². The standard InChI is InChI=1S/C17H15N3O3/c1-23-16(21)8-11-2-5-13(6-3-11)20-17(22)12-4-7-14-15(9-12)19-10-18-14/h2-7,9-10H,8H2,1H3,(H,18,19)(H,20,22). The molecule has 1 heterocycles. The van der Waals surface area contributed by atoms with Gasteiger partial charge in [-0.3, -0.25) is 9.59 Å². The number of anilines is 1. The fraction of sp³-hybridized carbons (Fsp3) is 0.118. The first-order valence-corrected chi connectivity index (χ1v) is 7.06. The lowest BCUT2D eigenvalue weighted by atomic mass is 10.1. The number of rotatable bonds is 4. The molecule has 0 fully saturated rings. The highest BCUT2D eigenvalue weighted by Gasteiger charge is 2.08. The van der Waals surface area contributed by atoms with Gasteiger partial charge in [0.05, 0.1) is 30.9 Å². The predicted molar refractivity (Wildman–Crippen MR) is 86.2 cm³/mol. The molecule has 3 aromatic rings. The van der Waals surface area contributed by atoms with Gasteiger partial charge in [-0.2, -0.15) is 0 Å². The van der Waals surface area contributed by atoms with Gasteiger partial charge >= 0.3 is 5.97 Å². The maximum Gasteiger partial charge on any atom is 0.309 e. The Morgan fingerprint density at radius 3 is 2.70 bits per heavy atom. The van der Waals surface area contributed by atoms with Crippen LogP contribution in [0, 0.1) is 0 Å². The Morgan fingerprint density at radius 2 is 1.96 bits per heavy atom. The number of methoxy groups -OCH3 is 1. The summed E-state index contributed by atoms with van der Waals surface area (Å²) in [5.74, 6) is -0.510. The van der Waals surface area contributed by atoms with Crippen molar-refractivity contribution in [2.24, 2.45) is 0 Å². The van der Waals surface area contributed by atoms with Crippen molar-refractivity contribution in [2.75, 3.05) is 12.4 Å². The summed E-state index contributed by atoms with van der Waals surface area (Å²) in [4.78, 5) is 30.6. The summed E-state index contributed by atoms with van der Waals surface area (Å²) >= 11 is 0. The number of ether oxygens (including phenoxy) is 1. The monoisotopic (exact) mass is 309 g/mol. The van der Waals surface area contributed by atoms with Gasteiger partial charge in [0.2, 0.25) is 0 Å². The predicted octanol–water partition coefficient (Wildman–Crippen LogP) is 2.53. The molecule has 0 aliphatic rings. The molecule has 0 saturated heterocycles. The van der Waals surface area contributed by atoms with Crippen molar-refractivity contribution in [3.8, 4) is 0 Å². The highest BCUT2D eigenvalue weighted by molar-refractivity contribution is 6.05. The summed E-state index contributed by atoms with van der Waals surface area (Å²) in [5.41, 5.74) is 3.64. The molecule has 0 saturated carbocycles. The second-order valence-corrected chi connectivity index (χ2v) is 5.04. The molecular weight excluding hydrogens is 294 g/mol. The number of benzene rings is 2. The van der Waals surface area contributed by atoms with Gasteiger partial charge < -0.3 is 15.0 Å². The Balaban J connectivity index is 1.70. The SMILES string of the molecule is COC(=O)Cc1ccc(NC(=O)c2ccc3[nH]cnc3c2)cc1. The van der Waals surface area contributed by atoms with Crippen LogP contribution in [0.2, 0.25) is 0 Å². The third-order valence-electron chi connectivity index (χ3n) is 3.47. The number of aromatic nitrogens is 2. The molecule has 23 heavy (non-hydrogen) atoms. The van der Waals surface area contributed by atoms with E-state index in [1.165, 1.54) is 7.11 Å². The Labute approximate surface area is 132 Å². The van der Waals surface area contributed by atoms with Crippen LogP contribution >= 0.6 is 0 Å². The molecule has 0 radical (unpaired) electrons. The summed E-state index contributed by atoms with van der Waals surface area (Å²) in [7, 11) is 1.35. The van der Waals surface area contributed by atoms with Gasteiger partial charge in [0, 0.05) is 11.3 Å². The highest BCUT2D eigenvalue weighted by atomic mass is 16.5. The van der Waals surface area contributed by atoms with Crippen LogP contribution in [0.4, 0.5) is 5.69 Å². The first kappa shape index (κ1) is 14.8. The normalized spacial score (nSPS) is 10.5. The van der Waals surface area contributed by atoms with E-state index >= 15 is 0 Å². The minimum Gasteiger partial charge on any atom is -0.469 e. The van der Waals surface area contributed by atoms with E-state index in [2.05, 4.69) is 20.0 Å². The number of H-pyrrole nitrogens is 1. The van der Waals surface area contributed by atoms with E-state index in [1.807, 2.05) is 6.07 Å². The molecule has 2 aromatic carbocycles. The number of hydrogen-bond donors (Lipinski definition) is 2. The van der Waals surface area contributed by atoms with Crippen molar-refractivity contribution in [1.82, 2.24) is 9.97 Å². The van der Waals surface area contributed by atoms with Crippen LogP contribution in [-0.2, 0) is 16.0 Å². The van der Waals surface area contributed by atoms with Gasteiger partial charge in [-0.1, -0.05) is 12.1 Å². The maximum absolute atomic E-state index is 12.3. The molecule has 0 atom stereocenters. The first-order valence-electron chi connectivity index (χ1n) is 7.06. The van der Waals surface area contributed by atoms with Crippen molar-refractivity contribution < 1.29 is 14.3 Å². The Kier molecular flexibility index (Phi) is 4.05. The molecular formula is C17H15N3O3. The molecule has 6 heteroatoms. The Bertz CT molecular complexity index is 853. The van der Waals surface area contributed by atoms with E-state index in [-0.39, 0.29) is 18.3 Å². The zero-order valence-corrected chi connectivity index (χ0v) is 12.5. The van der Waals surface area contributed by atoms with Crippen molar-refractivity contribution >= 4 is 28.6 Å². The number of aromatic amines is 1. The van der Waals surface area contributed by atoms with Crippen molar-refractivity contribution in [1.29, 1.82) is 0 Å². The zero-order chi connectivity index (χ0) is 16.2. The van der Waals surface area contributed by atoms with E-state index in [0.29, 0.717) is 11.3 Å². The fourth-order valence-corrected chi connectivity index (χ4v) is 2.22. The molecule has 1 amide bonds. The molecule has 0 spiro atoms.